The van der Waals surface area contributed by atoms with Gasteiger partial charge >= 0.3 is 15.2 Å². The van der Waals surface area contributed by atoms with E-state index in [1.165, 1.54) is 0 Å². The van der Waals surface area contributed by atoms with E-state index >= 15 is 0 Å². The van der Waals surface area contributed by atoms with Crippen LogP contribution in [0.4, 0.5) is 5.69 Å². The van der Waals surface area contributed by atoms with E-state index in [-0.39, 0.29) is 4.99 Å². The standard InChI is InChI=1S/C20H34ClNO6P2S/c1-13(2)25-29(23,26-14(3)4)20(30(24,27-15(5)6)28-16(7)8)19(31)22-18-12-10-9-11-17(18)21/h9-16,20H,1-8H3,(H,22,31). The first-order valence-corrected chi connectivity index (χ1v) is 14.2. The Hall–Kier alpha value is -0.300. The highest BCUT2D eigenvalue weighted by Crippen LogP contribution is 2.72. The number of benzene rings is 1. The van der Waals surface area contributed by atoms with Gasteiger partial charge in [0.25, 0.3) is 0 Å². The van der Waals surface area contributed by atoms with Gasteiger partial charge in [0.1, 0.15) is 4.99 Å². The first-order valence-electron chi connectivity index (χ1n) is 10.2. The lowest BCUT2D eigenvalue weighted by atomic mass is 10.3. The van der Waals surface area contributed by atoms with Crippen LogP contribution in [0.25, 0.3) is 0 Å². The zero-order valence-electron chi connectivity index (χ0n) is 19.3. The number of rotatable bonds is 12. The number of hydrogen-bond acceptors (Lipinski definition) is 7. The molecule has 0 atom stereocenters. The molecule has 178 valence electrons. The van der Waals surface area contributed by atoms with Crippen molar-refractivity contribution >= 4 is 49.7 Å². The van der Waals surface area contributed by atoms with Gasteiger partial charge in [0.2, 0.25) is 5.40 Å². The van der Waals surface area contributed by atoms with Crippen molar-refractivity contribution in [2.75, 3.05) is 5.32 Å². The van der Waals surface area contributed by atoms with Crippen molar-refractivity contribution in [3.63, 3.8) is 0 Å². The quantitative estimate of drug-likeness (QED) is 0.227. The zero-order chi connectivity index (χ0) is 24.0. The largest absolute Gasteiger partial charge is 0.353 e. The summed E-state index contributed by atoms with van der Waals surface area (Å²) in [5.41, 5.74) is 0.459. The van der Waals surface area contributed by atoms with E-state index in [0.717, 1.165) is 0 Å². The number of hydrogen-bond donors (Lipinski definition) is 1. The van der Waals surface area contributed by atoms with Crippen LogP contribution in [0, 0.1) is 0 Å². The van der Waals surface area contributed by atoms with Gasteiger partial charge in [0.05, 0.1) is 35.1 Å². The molecule has 0 saturated carbocycles. The summed E-state index contributed by atoms with van der Waals surface area (Å²) >= 11 is 11.8. The fourth-order valence-corrected chi connectivity index (χ4v) is 9.40. The fourth-order valence-electron chi connectivity index (χ4n) is 2.68. The first-order chi connectivity index (χ1) is 14.2. The summed E-state index contributed by atoms with van der Waals surface area (Å²) in [6, 6.07) is 6.89. The fraction of sp³-hybridized carbons (Fsp3) is 0.650. The Morgan fingerprint density at radius 2 is 1.16 bits per heavy atom. The molecule has 0 saturated heterocycles. The Balaban J connectivity index is 3.64. The van der Waals surface area contributed by atoms with Crippen molar-refractivity contribution in [2.45, 2.75) is 85.2 Å². The highest BCUT2D eigenvalue weighted by atomic mass is 35.5. The minimum atomic E-state index is -4.14. The molecule has 11 heteroatoms. The molecule has 1 aromatic carbocycles. The number of para-hydroxylation sites is 1. The van der Waals surface area contributed by atoms with Crippen molar-refractivity contribution in [3.8, 4) is 0 Å². The summed E-state index contributed by atoms with van der Waals surface area (Å²) in [6.45, 7) is 13.6. The van der Waals surface area contributed by atoms with Crippen LogP contribution in [0.3, 0.4) is 0 Å². The second kappa shape index (κ2) is 12.2. The van der Waals surface area contributed by atoms with Crippen LogP contribution in [0.2, 0.25) is 5.02 Å². The molecule has 0 aliphatic rings. The smallest absolute Gasteiger partial charge is 0.347 e. The predicted molar refractivity (Wildman–Crippen MR) is 132 cm³/mol. The van der Waals surface area contributed by atoms with Gasteiger partial charge in [0, 0.05) is 0 Å². The molecule has 0 radical (unpaired) electrons. The van der Waals surface area contributed by atoms with Gasteiger partial charge in [-0.3, -0.25) is 9.13 Å². The monoisotopic (exact) mass is 513 g/mol. The van der Waals surface area contributed by atoms with E-state index in [9.17, 15) is 9.13 Å². The highest BCUT2D eigenvalue weighted by Gasteiger charge is 2.55. The van der Waals surface area contributed by atoms with E-state index in [1.54, 1.807) is 79.7 Å². The van der Waals surface area contributed by atoms with Crippen molar-refractivity contribution in [1.82, 2.24) is 0 Å². The molecule has 7 nitrogen and oxygen atoms in total. The summed E-state index contributed by atoms with van der Waals surface area (Å²) < 4.78 is 51.2. The van der Waals surface area contributed by atoms with Crippen molar-refractivity contribution in [1.29, 1.82) is 0 Å². The third-order valence-corrected chi connectivity index (χ3v) is 10.7. The maximum atomic E-state index is 14.1. The van der Waals surface area contributed by atoms with Gasteiger partial charge in [0.15, 0.2) is 0 Å². The minimum Gasteiger partial charge on any atom is -0.347 e. The van der Waals surface area contributed by atoms with Gasteiger partial charge < -0.3 is 23.4 Å². The molecule has 0 bridgehead atoms. The maximum absolute atomic E-state index is 14.1. The molecule has 0 fully saturated rings. The summed E-state index contributed by atoms with van der Waals surface area (Å²) in [5, 5.41) is 1.84. The molecule has 0 aromatic heterocycles. The summed E-state index contributed by atoms with van der Waals surface area (Å²) in [5.74, 6) is 0. The molecule has 1 aromatic rings. The second-order valence-corrected chi connectivity index (χ2v) is 13.3. The molecular weight excluding hydrogens is 480 g/mol. The number of anilines is 1. The summed E-state index contributed by atoms with van der Waals surface area (Å²) in [4.78, 5) is -0.0673. The lowest BCUT2D eigenvalue weighted by Gasteiger charge is -2.35. The SMILES string of the molecule is CC(C)OP(=O)(OC(C)C)C(C(=S)Nc1ccccc1Cl)P(=O)(OC(C)C)OC(C)C. The molecule has 0 aliphatic carbocycles. The van der Waals surface area contributed by atoms with Gasteiger partial charge in [-0.25, -0.2) is 0 Å². The van der Waals surface area contributed by atoms with Gasteiger partial charge in [-0.15, -0.1) is 0 Å². The van der Waals surface area contributed by atoms with Crippen LogP contribution in [0.15, 0.2) is 24.3 Å². The maximum Gasteiger partial charge on any atom is 0.353 e. The van der Waals surface area contributed by atoms with E-state index < -0.39 is 45.0 Å². The third-order valence-electron chi connectivity index (χ3n) is 3.40. The Labute approximate surface area is 196 Å². The van der Waals surface area contributed by atoms with Crippen LogP contribution in [0.5, 0.6) is 0 Å². The molecule has 0 heterocycles. The van der Waals surface area contributed by atoms with Crippen molar-refractivity contribution in [2.24, 2.45) is 0 Å². The van der Waals surface area contributed by atoms with Crippen LogP contribution in [0.1, 0.15) is 55.4 Å². The van der Waals surface area contributed by atoms with E-state index in [4.69, 9.17) is 41.9 Å². The topological polar surface area (TPSA) is 83.1 Å². The Kier molecular flexibility index (Phi) is 11.3. The molecule has 1 N–H and O–H groups in total. The van der Waals surface area contributed by atoms with Crippen LogP contribution < -0.4 is 5.32 Å². The first kappa shape index (κ1) is 28.7. The lowest BCUT2D eigenvalue weighted by molar-refractivity contribution is 0.127. The average Bonchev–Trinajstić information content (AvgIpc) is 2.53. The number of halogens is 1. The van der Waals surface area contributed by atoms with Gasteiger partial charge in [-0.05, 0) is 67.5 Å². The number of nitrogens with one attached hydrogen (secondary N) is 1. The summed E-state index contributed by atoms with van der Waals surface area (Å²) in [6.07, 6.45) is -1.99. The van der Waals surface area contributed by atoms with Gasteiger partial charge in [-0.2, -0.15) is 0 Å². The molecular formula is C20H34ClNO6P2S. The lowest BCUT2D eigenvalue weighted by Crippen LogP contribution is -2.32. The minimum absolute atomic E-state index is 0.0673. The number of thiocarbonyl (C=S) groups is 1. The second-order valence-electron chi connectivity index (χ2n) is 8.04. The van der Waals surface area contributed by atoms with Crippen molar-refractivity contribution in [3.05, 3.63) is 29.3 Å². The Morgan fingerprint density at radius 3 is 1.48 bits per heavy atom. The van der Waals surface area contributed by atoms with Gasteiger partial charge in [-0.1, -0.05) is 36.0 Å². The van der Waals surface area contributed by atoms with Crippen LogP contribution in [-0.4, -0.2) is 34.8 Å². The third kappa shape index (κ3) is 8.87. The molecule has 0 unspecified atom stereocenters. The molecule has 0 spiro atoms. The predicted octanol–water partition coefficient (Wildman–Crippen LogP) is 7.49. The molecule has 1 rings (SSSR count). The Morgan fingerprint density at radius 1 is 0.806 bits per heavy atom. The average molecular weight is 514 g/mol. The normalized spacial score (nSPS) is 13.1. The van der Waals surface area contributed by atoms with Crippen LogP contribution >= 0.6 is 39.0 Å². The Bertz CT molecular complexity index is 768. The molecule has 0 aliphatic heterocycles. The van der Waals surface area contributed by atoms with E-state index in [1.807, 2.05) is 0 Å². The molecule has 0 amide bonds. The summed E-state index contributed by atoms with van der Waals surface area (Å²) in [7, 11) is -8.29. The highest BCUT2D eigenvalue weighted by molar-refractivity contribution is 7.85. The molecule has 31 heavy (non-hydrogen) atoms. The van der Waals surface area contributed by atoms with Crippen molar-refractivity contribution < 1.29 is 27.2 Å². The zero-order valence-corrected chi connectivity index (χ0v) is 22.7. The van der Waals surface area contributed by atoms with Crippen LogP contribution in [-0.2, 0) is 27.2 Å². The van der Waals surface area contributed by atoms with E-state index in [0.29, 0.717) is 10.7 Å². The van der Waals surface area contributed by atoms with E-state index in [2.05, 4.69) is 5.32 Å².